The summed E-state index contributed by atoms with van der Waals surface area (Å²) in [6.45, 7) is 1.69. The van der Waals surface area contributed by atoms with E-state index in [1.54, 1.807) is 40.9 Å². The van der Waals surface area contributed by atoms with Crippen molar-refractivity contribution in [2.24, 2.45) is 0 Å². The molecule has 0 bridgehead atoms. The quantitative estimate of drug-likeness (QED) is 0.852. The van der Waals surface area contributed by atoms with Gasteiger partial charge in [0, 0.05) is 25.4 Å². The molecule has 1 N–H and O–H groups in total. The Morgan fingerprint density at radius 3 is 2.59 bits per heavy atom. The highest BCUT2D eigenvalue weighted by atomic mass is 32.2. The summed E-state index contributed by atoms with van der Waals surface area (Å²) in [6.07, 6.45) is 2.85. The summed E-state index contributed by atoms with van der Waals surface area (Å²) >= 11 is 1.76. The predicted molar refractivity (Wildman–Crippen MR) is 101 cm³/mol. The Labute approximate surface area is 160 Å². The molecule has 2 aliphatic rings. The molecule has 0 aliphatic carbocycles. The van der Waals surface area contributed by atoms with Crippen molar-refractivity contribution in [1.29, 1.82) is 0 Å². The second-order valence-corrected chi connectivity index (χ2v) is 8.08. The van der Waals surface area contributed by atoms with Crippen LogP contribution >= 0.6 is 11.8 Å². The molecule has 8 heteroatoms. The molecule has 1 aromatic carbocycles. The van der Waals surface area contributed by atoms with Crippen molar-refractivity contribution in [1.82, 2.24) is 9.80 Å². The number of anilines is 1. The van der Waals surface area contributed by atoms with E-state index in [1.807, 2.05) is 4.90 Å². The molecule has 0 atom stereocenters. The number of benzene rings is 1. The average Bonchev–Trinajstić information content (AvgIpc) is 3.34. The van der Waals surface area contributed by atoms with Crippen LogP contribution in [0.3, 0.4) is 0 Å². The molecule has 4 rings (SSSR count). The summed E-state index contributed by atoms with van der Waals surface area (Å²) in [6, 6.07) is 9.18. The van der Waals surface area contributed by atoms with Gasteiger partial charge in [0.25, 0.3) is 5.91 Å². The number of nitrogens with one attached hydrogen (secondary N) is 1. The van der Waals surface area contributed by atoms with E-state index in [-0.39, 0.29) is 22.5 Å². The number of halogens is 1. The molecule has 0 saturated carbocycles. The lowest BCUT2D eigenvalue weighted by atomic mass is 10.0. The third-order valence-electron chi connectivity index (χ3n) is 5.10. The van der Waals surface area contributed by atoms with Gasteiger partial charge in [-0.2, -0.15) is 0 Å². The van der Waals surface area contributed by atoms with Crippen LogP contribution in [0.15, 0.2) is 47.1 Å². The van der Waals surface area contributed by atoms with Gasteiger partial charge >= 0.3 is 6.03 Å². The molecular formula is C19H20FN3O3S. The molecule has 6 nitrogen and oxygen atoms in total. The fourth-order valence-corrected chi connectivity index (χ4v) is 5.11. The minimum atomic E-state index is -0.458. The van der Waals surface area contributed by atoms with Gasteiger partial charge in [-0.15, -0.1) is 11.8 Å². The lowest BCUT2D eigenvalue weighted by Crippen LogP contribution is -2.54. The van der Waals surface area contributed by atoms with Crippen LogP contribution in [-0.2, 0) is 0 Å². The zero-order chi connectivity index (χ0) is 18.9. The number of likely N-dealkylation sites (tertiary alicyclic amines) is 1. The van der Waals surface area contributed by atoms with E-state index < -0.39 is 5.82 Å². The number of hydrogen-bond donors (Lipinski definition) is 1. The lowest BCUT2D eigenvalue weighted by Gasteiger charge is -2.43. The standard InChI is InChI=1S/C19H20FN3O3S/c20-14-4-1-2-5-15(14)21-18(25)22-9-7-19(8-10-22)23(11-13-27-19)17(24)16-6-3-12-26-16/h1-6,12H,7-11,13H2,(H,21,25). The van der Waals surface area contributed by atoms with Crippen LogP contribution in [0.5, 0.6) is 0 Å². The van der Waals surface area contributed by atoms with E-state index in [4.69, 9.17) is 4.42 Å². The molecule has 27 heavy (non-hydrogen) atoms. The first-order chi connectivity index (χ1) is 13.1. The predicted octanol–water partition coefficient (Wildman–Crippen LogP) is 3.63. The van der Waals surface area contributed by atoms with Crippen molar-refractivity contribution < 1.29 is 18.4 Å². The summed E-state index contributed by atoms with van der Waals surface area (Å²) in [5.41, 5.74) is 0.174. The summed E-state index contributed by atoms with van der Waals surface area (Å²) in [5.74, 6) is 0.653. The zero-order valence-electron chi connectivity index (χ0n) is 14.7. The first-order valence-electron chi connectivity index (χ1n) is 8.89. The van der Waals surface area contributed by atoms with Crippen molar-refractivity contribution in [3.05, 3.63) is 54.2 Å². The van der Waals surface area contributed by atoms with Gasteiger partial charge in [0.15, 0.2) is 5.76 Å². The summed E-state index contributed by atoms with van der Waals surface area (Å²) in [7, 11) is 0. The smallest absolute Gasteiger partial charge is 0.321 e. The van der Waals surface area contributed by atoms with Crippen LogP contribution in [0.25, 0.3) is 0 Å². The molecule has 2 saturated heterocycles. The van der Waals surface area contributed by atoms with Gasteiger partial charge in [-0.3, -0.25) is 4.79 Å². The molecule has 0 unspecified atom stereocenters. The van der Waals surface area contributed by atoms with E-state index in [0.29, 0.717) is 38.2 Å². The monoisotopic (exact) mass is 389 g/mol. The molecule has 1 spiro atoms. The number of carbonyl (C=O) groups is 2. The molecular weight excluding hydrogens is 369 g/mol. The van der Waals surface area contributed by atoms with E-state index in [2.05, 4.69) is 5.32 Å². The van der Waals surface area contributed by atoms with Crippen LogP contribution in [-0.4, -0.2) is 52.0 Å². The van der Waals surface area contributed by atoms with Crippen molar-refractivity contribution in [3.63, 3.8) is 0 Å². The maximum Gasteiger partial charge on any atom is 0.321 e. The second kappa shape index (κ2) is 7.26. The molecule has 142 valence electrons. The number of piperidine rings is 1. The van der Waals surface area contributed by atoms with Gasteiger partial charge in [-0.05, 0) is 37.1 Å². The highest BCUT2D eigenvalue weighted by Crippen LogP contribution is 2.44. The van der Waals surface area contributed by atoms with Crippen molar-refractivity contribution in [2.45, 2.75) is 17.7 Å². The van der Waals surface area contributed by atoms with Crippen LogP contribution in [0, 0.1) is 5.82 Å². The highest BCUT2D eigenvalue weighted by molar-refractivity contribution is 8.00. The summed E-state index contributed by atoms with van der Waals surface area (Å²) in [4.78, 5) is 28.5. The molecule has 2 aliphatic heterocycles. The third kappa shape index (κ3) is 3.41. The Balaban J connectivity index is 1.41. The van der Waals surface area contributed by atoms with Gasteiger partial charge < -0.3 is 19.5 Å². The summed E-state index contributed by atoms with van der Waals surface area (Å²) < 4.78 is 19.0. The molecule has 3 heterocycles. The van der Waals surface area contributed by atoms with Gasteiger partial charge in [0.1, 0.15) is 5.82 Å². The number of amides is 3. The largest absolute Gasteiger partial charge is 0.459 e. The Hall–Kier alpha value is -2.48. The number of nitrogens with zero attached hydrogens (tertiary/aromatic N) is 2. The Morgan fingerprint density at radius 2 is 1.89 bits per heavy atom. The number of furan rings is 1. The fraction of sp³-hybridized carbons (Fsp3) is 0.368. The van der Waals surface area contributed by atoms with Crippen molar-refractivity contribution >= 4 is 29.4 Å². The Bertz CT molecular complexity index is 834. The first kappa shape index (κ1) is 17.9. The van der Waals surface area contributed by atoms with Gasteiger partial charge in [0.05, 0.1) is 16.8 Å². The molecule has 2 aromatic rings. The molecule has 3 amide bonds. The van der Waals surface area contributed by atoms with Crippen molar-refractivity contribution in [3.8, 4) is 0 Å². The number of rotatable bonds is 2. The Kier molecular flexibility index (Phi) is 4.82. The maximum atomic E-state index is 13.7. The van der Waals surface area contributed by atoms with Gasteiger partial charge in [-0.25, -0.2) is 9.18 Å². The van der Waals surface area contributed by atoms with E-state index in [9.17, 15) is 14.0 Å². The highest BCUT2D eigenvalue weighted by Gasteiger charge is 2.47. The SMILES string of the molecule is O=C(Nc1ccccc1F)N1CCC2(CC1)SCCN2C(=O)c1ccco1. The fourth-order valence-electron chi connectivity index (χ4n) is 3.66. The van der Waals surface area contributed by atoms with E-state index in [1.165, 1.54) is 18.4 Å². The van der Waals surface area contributed by atoms with Gasteiger partial charge in [0.2, 0.25) is 0 Å². The second-order valence-electron chi connectivity index (χ2n) is 6.63. The number of hydrogen-bond acceptors (Lipinski definition) is 4. The van der Waals surface area contributed by atoms with Crippen LogP contribution in [0.2, 0.25) is 0 Å². The number of para-hydroxylation sites is 1. The number of thioether (sulfide) groups is 1. The normalized spacial score (nSPS) is 18.7. The number of carbonyl (C=O) groups excluding carboxylic acids is 2. The van der Waals surface area contributed by atoms with Crippen molar-refractivity contribution in [2.75, 3.05) is 30.7 Å². The van der Waals surface area contributed by atoms with E-state index in [0.717, 1.165) is 5.75 Å². The molecule has 2 fully saturated rings. The minimum absolute atomic E-state index is 0.103. The van der Waals surface area contributed by atoms with Gasteiger partial charge in [-0.1, -0.05) is 12.1 Å². The maximum absolute atomic E-state index is 13.7. The topological polar surface area (TPSA) is 65.8 Å². The van der Waals surface area contributed by atoms with E-state index >= 15 is 0 Å². The molecule has 1 aromatic heterocycles. The third-order valence-corrected chi connectivity index (χ3v) is 6.65. The van der Waals surface area contributed by atoms with Crippen LogP contribution in [0.4, 0.5) is 14.9 Å². The van der Waals surface area contributed by atoms with Crippen LogP contribution in [0.1, 0.15) is 23.4 Å². The number of urea groups is 1. The summed E-state index contributed by atoms with van der Waals surface area (Å²) in [5, 5.41) is 2.62. The first-order valence-corrected chi connectivity index (χ1v) is 9.87. The zero-order valence-corrected chi connectivity index (χ0v) is 15.5. The molecule has 0 radical (unpaired) electrons. The lowest BCUT2D eigenvalue weighted by molar-refractivity contribution is 0.0554. The minimum Gasteiger partial charge on any atom is -0.459 e. The Morgan fingerprint density at radius 1 is 1.11 bits per heavy atom. The average molecular weight is 389 g/mol. The van der Waals surface area contributed by atoms with Crippen LogP contribution < -0.4 is 5.32 Å².